The molecule has 122 valence electrons. The minimum absolute atomic E-state index is 0.0411. The highest BCUT2D eigenvalue weighted by Gasteiger charge is 2.18. The standard InChI is InChI=1S/C14H19FN2O4S/c1-16-13(14(22-4)17-7-21-8-18)9-5-11(19-2)12(20-3)6-10(9)15/h5-6,18H,7-8H2,1-4H3/b16-13?,17-14-. The molecule has 1 rings (SSSR count). The summed E-state index contributed by atoms with van der Waals surface area (Å²) in [6.45, 7) is -0.477. The van der Waals surface area contributed by atoms with Crippen LogP contribution < -0.4 is 9.47 Å². The first-order valence-corrected chi connectivity index (χ1v) is 7.51. The zero-order valence-corrected chi connectivity index (χ0v) is 13.7. The second-order valence-corrected chi connectivity index (χ2v) is 4.68. The Kier molecular flexibility index (Phi) is 7.86. The minimum Gasteiger partial charge on any atom is -0.493 e. The molecular formula is C14H19FN2O4S. The summed E-state index contributed by atoms with van der Waals surface area (Å²) in [4.78, 5) is 8.26. The van der Waals surface area contributed by atoms with Crippen LogP contribution in [0.2, 0.25) is 0 Å². The van der Waals surface area contributed by atoms with E-state index in [2.05, 4.69) is 9.98 Å². The Balaban J connectivity index is 3.27. The summed E-state index contributed by atoms with van der Waals surface area (Å²) in [6, 6.07) is 2.75. The van der Waals surface area contributed by atoms with Crippen molar-refractivity contribution in [3.05, 3.63) is 23.5 Å². The molecule has 0 atom stereocenters. The van der Waals surface area contributed by atoms with Crippen LogP contribution in [0.1, 0.15) is 5.56 Å². The fourth-order valence-electron chi connectivity index (χ4n) is 1.75. The van der Waals surface area contributed by atoms with Gasteiger partial charge in [-0.25, -0.2) is 9.38 Å². The van der Waals surface area contributed by atoms with Crippen LogP contribution in [0, 0.1) is 5.82 Å². The fourth-order valence-corrected chi connectivity index (χ4v) is 2.32. The van der Waals surface area contributed by atoms with Gasteiger partial charge in [-0.2, -0.15) is 0 Å². The van der Waals surface area contributed by atoms with Gasteiger partial charge in [0.15, 0.2) is 11.5 Å². The highest BCUT2D eigenvalue weighted by molar-refractivity contribution is 8.15. The molecule has 0 spiro atoms. The molecule has 0 saturated heterocycles. The summed E-state index contributed by atoms with van der Waals surface area (Å²) in [5.74, 6) is 0.195. The second-order valence-electron chi connectivity index (χ2n) is 3.89. The van der Waals surface area contributed by atoms with Gasteiger partial charge in [-0.1, -0.05) is 0 Å². The molecule has 0 aliphatic rings. The van der Waals surface area contributed by atoms with Gasteiger partial charge < -0.3 is 19.3 Å². The lowest BCUT2D eigenvalue weighted by molar-refractivity contribution is 0.00285. The first-order valence-electron chi connectivity index (χ1n) is 6.29. The minimum atomic E-state index is -0.497. The molecule has 0 bridgehead atoms. The number of benzene rings is 1. The molecule has 0 aliphatic carbocycles. The van der Waals surface area contributed by atoms with Crippen LogP contribution in [0.15, 0.2) is 22.1 Å². The average molecular weight is 330 g/mol. The van der Waals surface area contributed by atoms with Crippen molar-refractivity contribution in [2.24, 2.45) is 9.98 Å². The van der Waals surface area contributed by atoms with Gasteiger partial charge in [0.05, 0.1) is 19.9 Å². The maximum Gasteiger partial charge on any atom is 0.163 e. The van der Waals surface area contributed by atoms with Crippen molar-refractivity contribution in [3.63, 3.8) is 0 Å². The number of thioether (sulfide) groups is 1. The normalized spacial score (nSPS) is 12.5. The summed E-state index contributed by atoms with van der Waals surface area (Å²) in [5, 5.41) is 9.10. The topological polar surface area (TPSA) is 72.6 Å². The molecule has 0 amide bonds. The van der Waals surface area contributed by atoms with Crippen LogP contribution in [0.5, 0.6) is 11.5 Å². The summed E-state index contributed by atoms with van der Waals surface area (Å²) < 4.78 is 29.3. The fraction of sp³-hybridized carbons (Fsp3) is 0.429. The second kappa shape index (κ2) is 9.39. The lowest BCUT2D eigenvalue weighted by Crippen LogP contribution is -2.15. The van der Waals surface area contributed by atoms with Crippen molar-refractivity contribution in [3.8, 4) is 11.5 Å². The molecule has 1 aromatic rings. The van der Waals surface area contributed by atoms with Gasteiger partial charge in [-0.15, -0.1) is 11.8 Å². The maximum absolute atomic E-state index is 14.3. The SMILES string of the molecule is CN=C(/C(=N/COCO)SC)c1cc(OC)c(OC)cc1F. The molecule has 22 heavy (non-hydrogen) atoms. The van der Waals surface area contributed by atoms with E-state index >= 15 is 0 Å². The van der Waals surface area contributed by atoms with E-state index in [9.17, 15) is 4.39 Å². The van der Waals surface area contributed by atoms with Crippen LogP contribution in [0.3, 0.4) is 0 Å². The van der Waals surface area contributed by atoms with E-state index in [1.807, 2.05) is 0 Å². The molecular weight excluding hydrogens is 311 g/mol. The number of aliphatic hydroxyl groups excluding tert-OH is 1. The van der Waals surface area contributed by atoms with Crippen molar-refractivity contribution >= 4 is 22.5 Å². The predicted molar refractivity (Wildman–Crippen MR) is 86.0 cm³/mol. The van der Waals surface area contributed by atoms with Crippen LogP contribution in [0.4, 0.5) is 4.39 Å². The third kappa shape index (κ3) is 4.43. The molecule has 6 nitrogen and oxygen atoms in total. The van der Waals surface area contributed by atoms with Crippen molar-refractivity contribution in [1.29, 1.82) is 0 Å². The number of hydrogen-bond acceptors (Lipinski definition) is 7. The third-order valence-corrected chi connectivity index (χ3v) is 3.45. The van der Waals surface area contributed by atoms with Crippen LogP contribution in [-0.4, -0.2) is 56.9 Å². The van der Waals surface area contributed by atoms with E-state index in [0.29, 0.717) is 22.3 Å². The van der Waals surface area contributed by atoms with Crippen LogP contribution >= 0.6 is 11.8 Å². The Labute approximate surface area is 133 Å². The molecule has 0 aliphatic heterocycles. The number of halogens is 1. The van der Waals surface area contributed by atoms with E-state index in [4.69, 9.17) is 19.3 Å². The van der Waals surface area contributed by atoms with Gasteiger partial charge in [0.25, 0.3) is 0 Å². The average Bonchev–Trinajstić information content (AvgIpc) is 2.54. The van der Waals surface area contributed by atoms with E-state index in [0.717, 1.165) is 0 Å². The lowest BCUT2D eigenvalue weighted by atomic mass is 10.1. The smallest absolute Gasteiger partial charge is 0.163 e. The van der Waals surface area contributed by atoms with Gasteiger partial charge >= 0.3 is 0 Å². The lowest BCUT2D eigenvalue weighted by Gasteiger charge is -2.13. The molecule has 8 heteroatoms. The number of hydrogen-bond donors (Lipinski definition) is 1. The number of methoxy groups -OCH3 is 2. The quantitative estimate of drug-likeness (QED) is 0.358. The zero-order valence-electron chi connectivity index (χ0n) is 12.9. The van der Waals surface area contributed by atoms with Crippen molar-refractivity contribution in [2.45, 2.75) is 0 Å². The number of nitrogens with zero attached hydrogens (tertiary/aromatic N) is 2. The molecule has 0 heterocycles. The first-order chi connectivity index (χ1) is 10.6. The zero-order chi connectivity index (χ0) is 16.5. The van der Waals surface area contributed by atoms with E-state index in [-0.39, 0.29) is 12.3 Å². The molecule has 0 unspecified atom stereocenters. The monoisotopic (exact) mass is 330 g/mol. The molecule has 0 fully saturated rings. The van der Waals surface area contributed by atoms with Crippen molar-refractivity contribution < 1.29 is 23.7 Å². The van der Waals surface area contributed by atoms with Crippen molar-refractivity contribution in [1.82, 2.24) is 0 Å². The third-order valence-electron chi connectivity index (χ3n) is 2.74. The Morgan fingerprint density at radius 1 is 1.27 bits per heavy atom. The van der Waals surface area contributed by atoms with Gasteiger partial charge in [0.1, 0.15) is 24.4 Å². The Morgan fingerprint density at radius 3 is 2.41 bits per heavy atom. The van der Waals surface area contributed by atoms with Crippen LogP contribution in [0.25, 0.3) is 0 Å². The molecule has 0 aromatic heterocycles. The molecule has 0 saturated carbocycles. The van der Waals surface area contributed by atoms with Gasteiger partial charge in [-0.3, -0.25) is 4.99 Å². The number of aliphatic hydroxyl groups is 1. The summed E-state index contributed by atoms with van der Waals surface area (Å²) in [6.07, 6.45) is 1.79. The largest absolute Gasteiger partial charge is 0.493 e. The first kappa shape index (κ1) is 18.4. The van der Waals surface area contributed by atoms with Crippen molar-refractivity contribution in [2.75, 3.05) is 41.0 Å². The Hall–Kier alpha value is -1.64. The molecule has 1 N–H and O–H groups in total. The Morgan fingerprint density at radius 2 is 1.91 bits per heavy atom. The Bertz CT molecular complexity index is 564. The predicted octanol–water partition coefficient (Wildman–Crippen LogP) is 1.95. The molecule has 1 aromatic carbocycles. The van der Waals surface area contributed by atoms with Gasteiger partial charge in [0, 0.05) is 18.7 Å². The molecule has 0 radical (unpaired) electrons. The summed E-state index contributed by atoms with van der Waals surface area (Å²) >= 11 is 1.30. The van der Waals surface area contributed by atoms with E-state index < -0.39 is 12.6 Å². The highest BCUT2D eigenvalue weighted by Crippen LogP contribution is 2.30. The van der Waals surface area contributed by atoms with Gasteiger partial charge in [0.2, 0.25) is 0 Å². The summed E-state index contributed by atoms with van der Waals surface area (Å²) in [5.41, 5.74) is 0.616. The van der Waals surface area contributed by atoms with Crippen LogP contribution in [-0.2, 0) is 4.74 Å². The van der Waals surface area contributed by atoms with E-state index in [1.54, 1.807) is 13.3 Å². The van der Waals surface area contributed by atoms with E-state index in [1.165, 1.54) is 38.1 Å². The number of ether oxygens (including phenoxy) is 3. The maximum atomic E-state index is 14.3. The van der Waals surface area contributed by atoms with Gasteiger partial charge in [-0.05, 0) is 12.3 Å². The number of aliphatic imine (C=N–C) groups is 2. The highest BCUT2D eigenvalue weighted by atomic mass is 32.2. The summed E-state index contributed by atoms with van der Waals surface area (Å²) in [7, 11) is 4.46. The number of rotatable bonds is 7.